The number of carboxylic acid groups (broad SMARTS) is 1. The minimum absolute atomic E-state index is 0.150. The number of hydrogen-bond acceptors (Lipinski definition) is 4. The average Bonchev–Trinajstić information content (AvgIpc) is 2.78. The summed E-state index contributed by atoms with van der Waals surface area (Å²) in [6.07, 6.45) is 4.82. The Morgan fingerprint density at radius 2 is 1.65 bits per heavy atom. The van der Waals surface area contributed by atoms with Crippen LogP contribution in [0.3, 0.4) is 0 Å². The summed E-state index contributed by atoms with van der Waals surface area (Å²) in [6, 6.07) is 0. The Kier molecular flexibility index (Phi) is 6.11. The molecule has 0 aromatic rings. The summed E-state index contributed by atoms with van der Waals surface area (Å²) < 4.78 is 0. The largest absolute Gasteiger partial charge is 0.481 e. The number of nitrogens with one attached hydrogen (secondary N) is 3. The third-order valence-corrected chi connectivity index (χ3v) is 5.19. The van der Waals surface area contributed by atoms with Gasteiger partial charge in [0.05, 0.1) is 11.8 Å². The molecule has 0 bridgehead atoms. The standard InChI is InChI=1S/C19H31N3O4/c1-18(2)11-14(19(3,4)22-18)16(24)21-10-9-20-15(23)12-7-5-6-8-13(12)17(25)26/h11-13,22H,5-10H2,1-4H3,(H,20,23)(H,21,24)(H,25,26). The first-order valence-corrected chi connectivity index (χ1v) is 9.35. The molecule has 1 aliphatic heterocycles. The van der Waals surface area contributed by atoms with E-state index in [9.17, 15) is 19.5 Å². The van der Waals surface area contributed by atoms with E-state index in [2.05, 4.69) is 16.0 Å². The molecule has 7 nitrogen and oxygen atoms in total. The smallest absolute Gasteiger partial charge is 0.307 e. The van der Waals surface area contributed by atoms with Crippen molar-refractivity contribution >= 4 is 17.8 Å². The Morgan fingerprint density at radius 1 is 1.08 bits per heavy atom. The van der Waals surface area contributed by atoms with Crippen LogP contribution >= 0.6 is 0 Å². The highest BCUT2D eigenvalue weighted by atomic mass is 16.4. The Labute approximate surface area is 155 Å². The lowest BCUT2D eigenvalue weighted by atomic mass is 9.79. The van der Waals surface area contributed by atoms with Crippen LogP contribution in [0.4, 0.5) is 0 Å². The Morgan fingerprint density at radius 3 is 2.19 bits per heavy atom. The first-order valence-electron chi connectivity index (χ1n) is 9.35. The van der Waals surface area contributed by atoms with Crippen LogP contribution in [0.1, 0.15) is 53.4 Å². The van der Waals surface area contributed by atoms with Crippen LogP contribution in [-0.2, 0) is 14.4 Å². The molecule has 2 atom stereocenters. The van der Waals surface area contributed by atoms with Gasteiger partial charge in [0.1, 0.15) is 0 Å². The first-order chi connectivity index (χ1) is 12.0. The summed E-state index contributed by atoms with van der Waals surface area (Å²) in [7, 11) is 0. The molecule has 0 spiro atoms. The van der Waals surface area contributed by atoms with Gasteiger partial charge in [-0.1, -0.05) is 18.9 Å². The average molecular weight is 365 g/mol. The fraction of sp³-hybridized carbons (Fsp3) is 0.737. The molecule has 1 saturated carbocycles. The van der Waals surface area contributed by atoms with Gasteiger partial charge in [-0.3, -0.25) is 19.7 Å². The zero-order valence-electron chi connectivity index (χ0n) is 16.1. The molecule has 0 saturated heterocycles. The molecule has 1 heterocycles. The molecule has 1 fully saturated rings. The van der Waals surface area contributed by atoms with Crippen LogP contribution in [0.15, 0.2) is 11.6 Å². The Balaban J connectivity index is 1.80. The van der Waals surface area contributed by atoms with Crippen molar-refractivity contribution in [1.29, 1.82) is 0 Å². The predicted molar refractivity (Wildman–Crippen MR) is 98.5 cm³/mol. The number of rotatable bonds is 6. The lowest BCUT2D eigenvalue weighted by Crippen LogP contribution is -2.48. The molecule has 146 valence electrons. The summed E-state index contributed by atoms with van der Waals surface area (Å²) in [5.41, 5.74) is 0.0391. The zero-order valence-corrected chi connectivity index (χ0v) is 16.1. The van der Waals surface area contributed by atoms with Gasteiger partial charge in [0.2, 0.25) is 11.8 Å². The SMILES string of the molecule is CC1(C)C=C(C(=O)NCCNC(=O)C2CCCCC2C(=O)O)C(C)(C)N1. The van der Waals surface area contributed by atoms with Gasteiger partial charge in [0.25, 0.3) is 0 Å². The maximum atomic E-state index is 12.4. The Bertz CT molecular complexity index is 610. The third kappa shape index (κ3) is 4.84. The molecule has 2 rings (SSSR count). The highest BCUT2D eigenvalue weighted by Crippen LogP contribution is 2.31. The van der Waals surface area contributed by atoms with Gasteiger partial charge >= 0.3 is 5.97 Å². The molecule has 0 radical (unpaired) electrons. The molecule has 1 aliphatic carbocycles. The van der Waals surface area contributed by atoms with Crippen LogP contribution in [0.25, 0.3) is 0 Å². The van der Waals surface area contributed by atoms with Crippen molar-refractivity contribution in [3.8, 4) is 0 Å². The minimum atomic E-state index is -0.899. The quantitative estimate of drug-likeness (QED) is 0.529. The van der Waals surface area contributed by atoms with Crippen LogP contribution in [-0.4, -0.2) is 47.1 Å². The number of hydrogen-bond donors (Lipinski definition) is 4. The summed E-state index contributed by atoms with van der Waals surface area (Å²) >= 11 is 0. The fourth-order valence-electron chi connectivity index (χ4n) is 4.13. The van der Waals surface area contributed by atoms with Crippen molar-refractivity contribution in [1.82, 2.24) is 16.0 Å². The summed E-state index contributed by atoms with van der Waals surface area (Å²) in [5, 5.41) is 18.3. The molecule has 0 aromatic carbocycles. The number of carbonyl (C=O) groups excluding carboxylic acids is 2. The lowest BCUT2D eigenvalue weighted by Gasteiger charge is -2.28. The van der Waals surface area contributed by atoms with Crippen molar-refractivity contribution < 1.29 is 19.5 Å². The maximum Gasteiger partial charge on any atom is 0.307 e. The van der Waals surface area contributed by atoms with Gasteiger partial charge in [0.15, 0.2) is 0 Å². The normalized spacial score (nSPS) is 26.7. The van der Waals surface area contributed by atoms with Gasteiger partial charge in [0, 0.05) is 29.7 Å². The van der Waals surface area contributed by atoms with E-state index in [0.29, 0.717) is 25.0 Å². The van der Waals surface area contributed by atoms with Gasteiger partial charge in [-0.25, -0.2) is 0 Å². The fourth-order valence-corrected chi connectivity index (χ4v) is 4.13. The highest BCUT2D eigenvalue weighted by molar-refractivity contribution is 5.96. The van der Waals surface area contributed by atoms with Crippen LogP contribution in [0.5, 0.6) is 0 Å². The van der Waals surface area contributed by atoms with Crippen molar-refractivity contribution in [2.45, 2.75) is 64.5 Å². The van der Waals surface area contributed by atoms with E-state index in [1.807, 2.05) is 33.8 Å². The molecular weight excluding hydrogens is 334 g/mol. The summed E-state index contributed by atoms with van der Waals surface area (Å²) in [6.45, 7) is 8.55. The van der Waals surface area contributed by atoms with E-state index in [1.54, 1.807) is 0 Å². The van der Waals surface area contributed by atoms with E-state index in [-0.39, 0.29) is 23.9 Å². The maximum absolute atomic E-state index is 12.4. The second-order valence-corrected chi connectivity index (χ2v) is 8.41. The Hall–Kier alpha value is -1.89. The monoisotopic (exact) mass is 365 g/mol. The van der Waals surface area contributed by atoms with Crippen LogP contribution in [0.2, 0.25) is 0 Å². The van der Waals surface area contributed by atoms with E-state index in [0.717, 1.165) is 12.8 Å². The van der Waals surface area contributed by atoms with Crippen LogP contribution in [0, 0.1) is 11.8 Å². The first kappa shape index (κ1) is 20.4. The van der Waals surface area contributed by atoms with Crippen molar-refractivity contribution in [2.75, 3.05) is 13.1 Å². The van der Waals surface area contributed by atoms with Crippen molar-refractivity contribution in [3.05, 3.63) is 11.6 Å². The molecule has 2 amide bonds. The highest BCUT2D eigenvalue weighted by Gasteiger charge is 2.40. The topological polar surface area (TPSA) is 108 Å². The lowest BCUT2D eigenvalue weighted by molar-refractivity contribution is -0.148. The second kappa shape index (κ2) is 7.78. The molecule has 4 N–H and O–H groups in total. The molecule has 0 aromatic heterocycles. The van der Waals surface area contributed by atoms with Gasteiger partial charge in [-0.05, 0) is 40.5 Å². The third-order valence-electron chi connectivity index (χ3n) is 5.19. The summed E-state index contributed by atoms with van der Waals surface area (Å²) in [5.74, 6) is -2.35. The van der Waals surface area contributed by atoms with E-state index < -0.39 is 23.3 Å². The van der Waals surface area contributed by atoms with E-state index >= 15 is 0 Å². The molecular formula is C19H31N3O4. The molecule has 2 unspecified atom stereocenters. The van der Waals surface area contributed by atoms with E-state index in [4.69, 9.17) is 0 Å². The van der Waals surface area contributed by atoms with Gasteiger partial charge in [-0.2, -0.15) is 0 Å². The number of amides is 2. The van der Waals surface area contributed by atoms with E-state index in [1.165, 1.54) is 0 Å². The second-order valence-electron chi connectivity index (χ2n) is 8.41. The van der Waals surface area contributed by atoms with Gasteiger partial charge < -0.3 is 15.7 Å². The zero-order chi connectivity index (χ0) is 19.5. The van der Waals surface area contributed by atoms with Crippen molar-refractivity contribution in [2.24, 2.45) is 11.8 Å². The van der Waals surface area contributed by atoms with Crippen molar-refractivity contribution in [3.63, 3.8) is 0 Å². The number of carboxylic acids is 1. The molecule has 26 heavy (non-hydrogen) atoms. The minimum Gasteiger partial charge on any atom is -0.481 e. The number of aliphatic carboxylic acids is 1. The van der Waals surface area contributed by atoms with Crippen LogP contribution < -0.4 is 16.0 Å². The molecule has 2 aliphatic rings. The number of carbonyl (C=O) groups is 3. The summed E-state index contributed by atoms with van der Waals surface area (Å²) in [4.78, 5) is 36.0. The predicted octanol–water partition coefficient (Wildman–Crippen LogP) is 1.20. The molecule has 7 heteroatoms. The van der Waals surface area contributed by atoms with Gasteiger partial charge in [-0.15, -0.1) is 0 Å².